The quantitative estimate of drug-likeness (QED) is 0.262. The fourth-order valence-corrected chi connectivity index (χ4v) is 4.77. The molecule has 0 unspecified atom stereocenters. The third kappa shape index (κ3) is 7.79. The molecule has 0 bridgehead atoms. The molecule has 0 radical (unpaired) electrons. The molecule has 0 amide bonds. The molecule has 2 heterocycles. The highest BCUT2D eigenvalue weighted by molar-refractivity contribution is 7.13. The summed E-state index contributed by atoms with van der Waals surface area (Å²) in [6, 6.07) is 16.6. The van der Waals surface area contributed by atoms with Crippen LogP contribution in [0.25, 0.3) is 10.6 Å². The van der Waals surface area contributed by atoms with Crippen molar-refractivity contribution >= 4 is 17.3 Å². The van der Waals surface area contributed by atoms with Crippen molar-refractivity contribution in [2.75, 3.05) is 6.54 Å². The molecule has 0 fully saturated rings. The number of nitrogens with two attached hydrogens (primary N) is 1. The number of hydrogen-bond donors (Lipinski definition) is 2. The highest BCUT2D eigenvalue weighted by Crippen LogP contribution is 2.22. The number of carbonyl (C=O) groups is 1. The second-order valence-electron chi connectivity index (χ2n) is 8.85. The molecule has 6 nitrogen and oxygen atoms in total. The third-order valence-electron chi connectivity index (χ3n) is 5.93. The van der Waals surface area contributed by atoms with Crippen molar-refractivity contribution in [2.45, 2.75) is 45.0 Å². The second kappa shape index (κ2) is 12.7. The van der Waals surface area contributed by atoms with Crippen molar-refractivity contribution in [1.29, 1.82) is 0 Å². The Hall–Kier alpha value is -3.40. The number of benzene rings is 2. The van der Waals surface area contributed by atoms with Gasteiger partial charge in [0.25, 0.3) is 0 Å². The van der Waals surface area contributed by atoms with E-state index in [1.807, 2.05) is 35.7 Å². The molecule has 0 spiro atoms. The minimum Gasteiger partial charge on any atom is -0.458 e. The van der Waals surface area contributed by atoms with E-state index in [1.54, 1.807) is 17.5 Å². The SMILES string of the molecule is CCc1cccc(CNC[C@@H](OC(=O)Cn2ccc(-c3cccs3)n2)[C@@H](N)Cc2cc(F)cc(F)c2)c1. The molecule has 0 aliphatic carbocycles. The van der Waals surface area contributed by atoms with Gasteiger partial charge in [-0.25, -0.2) is 8.78 Å². The minimum atomic E-state index is -0.722. The molecular weight excluding hydrogens is 494 g/mol. The van der Waals surface area contributed by atoms with Gasteiger partial charge in [0.1, 0.15) is 30.0 Å². The van der Waals surface area contributed by atoms with Crippen LogP contribution in [0.4, 0.5) is 8.78 Å². The van der Waals surface area contributed by atoms with Gasteiger partial charge in [0, 0.05) is 31.4 Å². The highest BCUT2D eigenvalue weighted by Gasteiger charge is 2.23. The molecule has 2 aromatic heterocycles. The Morgan fingerprint density at radius 1 is 1.08 bits per heavy atom. The Bertz CT molecular complexity index is 1290. The number of aromatic nitrogens is 2. The van der Waals surface area contributed by atoms with Gasteiger partial charge in [0.15, 0.2) is 0 Å². The number of esters is 1. The topological polar surface area (TPSA) is 82.2 Å². The van der Waals surface area contributed by atoms with Gasteiger partial charge < -0.3 is 15.8 Å². The largest absolute Gasteiger partial charge is 0.458 e. The van der Waals surface area contributed by atoms with E-state index in [4.69, 9.17) is 10.5 Å². The summed E-state index contributed by atoms with van der Waals surface area (Å²) in [5.74, 6) is -1.85. The first-order valence-corrected chi connectivity index (χ1v) is 13.0. The van der Waals surface area contributed by atoms with Crippen LogP contribution in [0.2, 0.25) is 0 Å². The van der Waals surface area contributed by atoms with Gasteiger partial charge in [-0.15, -0.1) is 11.3 Å². The predicted octanol–water partition coefficient (Wildman–Crippen LogP) is 4.72. The normalized spacial score (nSPS) is 12.9. The first-order valence-electron chi connectivity index (χ1n) is 12.2. The van der Waals surface area contributed by atoms with Crippen molar-refractivity contribution in [3.8, 4) is 10.6 Å². The van der Waals surface area contributed by atoms with Crippen LogP contribution in [-0.2, 0) is 35.5 Å². The molecule has 2 atom stereocenters. The number of ether oxygens (including phenoxy) is 1. The minimum absolute atomic E-state index is 0.0816. The smallest absolute Gasteiger partial charge is 0.328 e. The lowest BCUT2D eigenvalue weighted by molar-refractivity contribution is -0.151. The fraction of sp³-hybridized carbons (Fsp3) is 0.286. The number of thiophene rings is 1. The van der Waals surface area contributed by atoms with Gasteiger partial charge in [-0.2, -0.15) is 5.10 Å². The van der Waals surface area contributed by atoms with Gasteiger partial charge in [0.2, 0.25) is 0 Å². The van der Waals surface area contributed by atoms with Crippen molar-refractivity contribution in [3.05, 3.63) is 101 Å². The molecule has 0 aliphatic rings. The van der Waals surface area contributed by atoms with Gasteiger partial charge in [-0.3, -0.25) is 9.48 Å². The molecule has 0 aliphatic heterocycles. The summed E-state index contributed by atoms with van der Waals surface area (Å²) in [7, 11) is 0. The lowest BCUT2D eigenvalue weighted by Gasteiger charge is -2.25. The van der Waals surface area contributed by atoms with E-state index in [9.17, 15) is 13.6 Å². The molecule has 2 aromatic carbocycles. The average molecular weight is 525 g/mol. The van der Waals surface area contributed by atoms with E-state index in [1.165, 1.54) is 22.4 Å². The van der Waals surface area contributed by atoms with Crippen LogP contribution in [0.1, 0.15) is 23.6 Å². The lowest BCUT2D eigenvalue weighted by Crippen LogP contribution is -2.46. The standard InChI is InChI=1S/C28H30F2N4O2S/c1-2-19-5-3-6-20(11-19)16-32-17-26(24(31)14-21-12-22(29)15-23(30)13-21)36-28(35)18-34-9-8-25(33-34)27-7-4-10-37-27/h3-13,15,24,26,32H,2,14,16-18,31H2,1H3/t24-,26+/m0/s1. The van der Waals surface area contributed by atoms with Crippen LogP contribution in [0.15, 0.2) is 72.2 Å². The maximum Gasteiger partial charge on any atom is 0.328 e. The van der Waals surface area contributed by atoms with Crippen LogP contribution in [0, 0.1) is 11.6 Å². The first-order chi connectivity index (χ1) is 17.9. The highest BCUT2D eigenvalue weighted by atomic mass is 32.1. The number of nitrogens with one attached hydrogen (secondary N) is 1. The zero-order valence-corrected chi connectivity index (χ0v) is 21.4. The second-order valence-corrected chi connectivity index (χ2v) is 9.80. The monoisotopic (exact) mass is 524 g/mol. The number of aryl methyl sites for hydroxylation is 1. The van der Waals surface area contributed by atoms with Gasteiger partial charge in [-0.05, 0) is 59.2 Å². The first kappa shape index (κ1) is 26.7. The zero-order chi connectivity index (χ0) is 26.2. The number of halogens is 2. The summed E-state index contributed by atoms with van der Waals surface area (Å²) in [5, 5.41) is 9.72. The zero-order valence-electron chi connectivity index (χ0n) is 20.6. The van der Waals surface area contributed by atoms with Gasteiger partial charge in [0.05, 0.1) is 4.88 Å². The van der Waals surface area contributed by atoms with Crippen LogP contribution in [0.5, 0.6) is 0 Å². The van der Waals surface area contributed by atoms with E-state index >= 15 is 0 Å². The number of rotatable bonds is 12. The maximum atomic E-state index is 13.7. The van der Waals surface area contributed by atoms with E-state index in [2.05, 4.69) is 29.5 Å². The van der Waals surface area contributed by atoms with Crippen LogP contribution < -0.4 is 11.1 Å². The lowest BCUT2D eigenvalue weighted by atomic mass is 10.0. The van der Waals surface area contributed by atoms with E-state index < -0.39 is 29.7 Å². The number of nitrogens with zero attached hydrogens (tertiary/aromatic N) is 2. The van der Waals surface area contributed by atoms with Crippen molar-refractivity contribution < 1.29 is 18.3 Å². The molecule has 194 valence electrons. The van der Waals surface area contributed by atoms with Gasteiger partial charge in [-0.1, -0.05) is 37.3 Å². The molecule has 0 saturated heterocycles. The third-order valence-corrected chi connectivity index (χ3v) is 6.83. The van der Waals surface area contributed by atoms with E-state index in [-0.39, 0.29) is 19.5 Å². The molecule has 9 heteroatoms. The van der Waals surface area contributed by atoms with Crippen molar-refractivity contribution in [2.24, 2.45) is 5.73 Å². The summed E-state index contributed by atoms with van der Waals surface area (Å²) in [4.78, 5) is 13.8. The van der Waals surface area contributed by atoms with Crippen LogP contribution >= 0.6 is 11.3 Å². The van der Waals surface area contributed by atoms with Crippen LogP contribution in [0.3, 0.4) is 0 Å². The summed E-state index contributed by atoms with van der Waals surface area (Å²) < 4.78 is 34.7. The van der Waals surface area contributed by atoms with E-state index in [0.29, 0.717) is 12.1 Å². The fourth-order valence-electron chi connectivity index (χ4n) is 4.07. The molecule has 3 N–H and O–H groups in total. The molecule has 4 aromatic rings. The maximum absolute atomic E-state index is 13.7. The Kier molecular flexibility index (Phi) is 9.16. The average Bonchev–Trinajstić information content (AvgIpc) is 3.55. The Morgan fingerprint density at radius 3 is 2.59 bits per heavy atom. The van der Waals surface area contributed by atoms with Gasteiger partial charge >= 0.3 is 5.97 Å². The predicted molar refractivity (Wildman–Crippen MR) is 141 cm³/mol. The van der Waals surface area contributed by atoms with Crippen molar-refractivity contribution in [1.82, 2.24) is 15.1 Å². The molecule has 37 heavy (non-hydrogen) atoms. The molecule has 4 rings (SSSR count). The van der Waals surface area contributed by atoms with Crippen molar-refractivity contribution in [3.63, 3.8) is 0 Å². The summed E-state index contributed by atoms with van der Waals surface area (Å²) in [6.45, 7) is 2.86. The van der Waals surface area contributed by atoms with Crippen LogP contribution in [-0.4, -0.2) is 34.4 Å². The summed E-state index contributed by atoms with van der Waals surface area (Å²) in [5.41, 5.74) is 9.91. The summed E-state index contributed by atoms with van der Waals surface area (Å²) in [6.07, 6.45) is 2.08. The molecule has 0 saturated carbocycles. The Labute approximate surface area is 219 Å². The Balaban J connectivity index is 1.41. The Morgan fingerprint density at radius 2 is 1.86 bits per heavy atom. The summed E-state index contributed by atoms with van der Waals surface area (Å²) >= 11 is 1.56. The van der Waals surface area contributed by atoms with E-state index in [0.717, 1.165) is 28.6 Å². The number of carbonyl (C=O) groups excluding carboxylic acids is 1. The molecular formula is C28H30F2N4O2S. The number of hydrogen-bond acceptors (Lipinski definition) is 6.